The number of aromatic nitrogens is 2. The number of H-pyrrole nitrogens is 1. The number of nitro groups is 1. The highest BCUT2D eigenvalue weighted by Gasteiger charge is 2.50. The van der Waals surface area contributed by atoms with Crippen LogP contribution in [0.1, 0.15) is 91.2 Å². The number of rotatable bonds is 11. The van der Waals surface area contributed by atoms with Crippen LogP contribution in [0.2, 0.25) is 0 Å². The highest BCUT2D eigenvalue weighted by atomic mass is 32.2. The Labute approximate surface area is 424 Å². The third-order valence-electron chi connectivity index (χ3n) is 17.2. The van der Waals surface area contributed by atoms with Gasteiger partial charge in [0.2, 0.25) is 5.88 Å². The number of ether oxygens (including phenoxy) is 4. The highest BCUT2D eigenvalue weighted by molar-refractivity contribution is 7.90. The number of carbonyl (C=O) groups is 1. The zero-order valence-corrected chi connectivity index (χ0v) is 41.8. The van der Waals surface area contributed by atoms with Gasteiger partial charge in [-0.1, -0.05) is 24.3 Å². The molecule has 4 saturated heterocycles. The van der Waals surface area contributed by atoms with E-state index >= 15 is 0 Å². The molecule has 73 heavy (non-hydrogen) atoms. The van der Waals surface area contributed by atoms with E-state index in [0.717, 1.165) is 62.1 Å². The number of likely N-dealkylation sites (tertiary alicyclic amines) is 1. The lowest BCUT2D eigenvalue weighted by Gasteiger charge is -2.56. The molecule has 0 bridgehead atoms. The number of amides is 1. The van der Waals surface area contributed by atoms with E-state index in [1.807, 2.05) is 30.5 Å². The molecule has 6 fully saturated rings. The number of carbonyl (C=O) groups excluding carboxylic acids is 1. The minimum Gasteiger partial charge on any atom is -0.489 e. The second-order valence-electron chi connectivity index (χ2n) is 21.7. The van der Waals surface area contributed by atoms with E-state index in [0.29, 0.717) is 86.3 Å². The Morgan fingerprint density at radius 2 is 1.71 bits per heavy atom. The van der Waals surface area contributed by atoms with Crippen molar-refractivity contribution in [2.24, 2.45) is 11.3 Å². The first kappa shape index (κ1) is 46.8. The van der Waals surface area contributed by atoms with E-state index < -0.39 is 31.4 Å². The monoisotopic (exact) mass is 1010 g/mol. The fourth-order valence-corrected chi connectivity index (χ4v) is 14.1. The van der Waals surface area contributed by atoms with E-state index in [-0.39, 0.29) is 41.7 Å². The number of nitrogens with zero attached hydrogens (tertiary/aromatic N) is 6. The van der Waals surface area contributed by atoms with Gasteiger partial charge in [0.15, 0.2) is 11.4 Å². The predicted octanol–water partition coefficient (Wildman–Crippen LogP) is 7.49. The van der Waals surface area contributed by atoms with Gasteiger partial charge >= 0.3 is 0 Å². The molecule has 3 aromatic carbocycles. The molecule has 3 N–H and O–H groups in total. The average molecular weight is 1010 g/mol. The minimum absolute atomic E-state index is 0.00140. The number of pyridine rings is 1. The number of aromatic amines is 1. The van der Waals surface area contributed by atoms with Gasteiger partial charge in [0.1, 0.15) is 24.0 Å². The Morgan fingerprint density at radius 3 is 2.52 bits per heavy atom. The van der Waals surface area contributed by atoms with Crippen LogP contribution < -0.4 is 29.3 Å². The first-order chi connectivity index (χ1) is 35.5. The van der Waals surface area contributed by atoms with Gasteiger partial charge < -0.3 is 39.0 Å². The van der Waals surface area contributed by atoms with E-state index in [1.54, 1.807) is 17.2 Å². The van der Waals surface area contributed by atoms with Crippen molar-refractivity contribution in [3.05, 3.63) is 99.7 Å². The van der Waals surface area contributed by atoms with Crippen LogP contribution in [-0.2, 0) is 19.5 Å². The summed E-state index contributed by atoms with van der Waals surface area (Å²) >= 11 is 0. The fraction of sp³-hybridized carbons (Fsp3) is 0.519. The van der Waals surface area contributed by atoms with Crippen molar-refractivity contribution in [2.75, 3.05) is 94.0 Å². The quantitative estimate of drug-likeness (QED) is 0.0869. The number of piperidine rings is 1. The zero-order valence-electron chi connectivity index (χ0n) is 41.0. The van der Waals surface area contributed by atoms with E-state index in [9.17, 15) is 23.3 Å². The summed E-state index contributed by atoms with van der Waals surface area (Å²) in [6.45, 7) is 7.67. The number of nitrogens with one attached hydrogen (secondary N) is 3. The van der Waals surface area contributed by atoms with E-state index in [1.165, 1.54) is 51.1 Å². The topological polar surface area (TPSA) is 197 Å². The summed E-state index contributed by atoms with van der Waals surface area (Å²) in [6.07, 6.45) is 11.9. The molecule has 13 rings (SSSR count). The van der Waals surface area contributed by atoms with Gasteiger partial charge in [0, 0.05) is 93.3 Å². The van der Waals surface area contributed by atoms with Crippen molar-refractivity contribution in [1.29, 1.82) is 0 Å². The van der Waals surface area contributed by atoms with Gasteiger partial charge in [-0.2, -0.15) is 4.98 Å². The van der Waals surface area contributed by atoms with Gasteiger partial charge in [-0.15, -0.1) is 0 Å². The molecule has 8 aliphatic rings. The minimum atomic E-state index is -4.69. The molecule has 2 aromatic heterocycles. The van der Waals surface area contributed by atoms with E-state index in [4.69, 9.17) is 23.9 Å². The Kier molecular flexibility index (Phi) is 12.0. The Balaban J connectivity index is 0.786. The molecule has 384 valence electrons. The third-order valence-corrected chi connectivity index (χ3v) is 18.5. The molecule has 19 heteroatoms. The molecular formula is C54H63N9O9S. The second kappa shape index (κ2) is 18.7. The van der Waals surface area contributed by atoms with Crippen LogP contribution in [0.5, 0.6) is 11.6 Å². The first-order valence-electron chi connectivity index (χ1n) is 26.4. The smallest absolute Gasteiger partial charge is 0.297 e. The summed E-state index contributed by atoms with van der Waals surface area (Å²) in [5.41, 5.74) is 5.93. The molecule has 0 unspecified atom stereocenters. The van der Waals surface area contributed by atoms with Crippen molar-refractivity contribution < 1.29 is 37.1 Å². The number of nitro benzene ring substituents is 1. The van der Waals surface area contributed by atoms with Crippen LogP contribution in [-0.4, -0.2) is 136 Å². The van der Waals surface area contributed by atoms with Crippen LogP contribution in [0.4, 0.5) is 28.4 Å². The number of hydrogen-bond acceptors (Lipinski definition) is 15. The Hall–Kier alpha value is -5.99. The molecule has 5 aromatic rings. The Morgan fingerprint density at radius 1 is 0.890 bits per heavy atom. The van der Waals surface area contributed by atoms with Crippen molar-refractivity contribution in [2.45, 2.75) is 92.8 Å². The SMILES string of the molecule is O=C(NS(=O)(=O)c1cc2c(c([N+](=O)[O-])c1)N[C@H](CN1CCOCC1)CO2)c1ccc(N2CCC3(CC2)CC(N2CCC[C@H]2c2ccccc2C2CC2)C3)cc1N1C[C@H]2CCOC[C@@H]2Oc2nc3[nH]ccc3cc21. The van der Waals surface area contributed by atoms with Crippen LogP contribution in [0.3, 0.4) is 0 Å². The van der Waals surface area contributed by atoms with Gasteiger partial charge in [0.25, 0.3) is 21.6 Å². The zero-order chi connectivity index (χ0) is 49.4. The molecule has 4 atom stereocenters. The molecule has 18 nitrogen and oxygen atoms in total. The standard InChI is InChI=1S/C54H63N9O9S/c64-52(58-73(67,68)40-26-46(63(65)66)50-48(27-40)71-32-37(56-50)31-59-19-22-69-23-20-59)43-10-9-38(25-45(43)62-30-36-12-21-70-33-49(36)72-53-47(62)24-35-11-15-55-51(35)57-53)60-17-13-54(14-18-60)28-39(29-54)61-16-3-6-44(61)42-5-2-1-4-41(42)34-7-8-34/h1-2,4-5,9-11,15,24-27,34,36-37,39,44,49,56H,3,6-8,12-14,16-23,28-33H2,(H,55,57)(H,58,64)/t36-,37-,44+,49+/m1/s1. The molecule has 1 spiro atoms. The molecule has 2 saturated carbocycles. The molecular weight excluding hydrogens is 951 g/mol. The molecule has 6 aliphatic heterocycles. The van der Waals surface area contributed by atoms with E-state index in [2.05, 4.69) is 58.9 Å². The maximum Gasteiger partial charge on any atom is 0.297 e. The normalized spacial score (nSPS) is 25.4. The molecule has 8 heterocycles. The predicted molar refractivity (Wildman–Crippen MR) is 275 cm³/mol. The highest BCUT2D eigenvalue weighted by Crippen LogP contribution is 2.55. The number of hydrogen-bond donors (Lipinski definition) is 3. The number of sulfonamides is 1. The summed E-state index contributed by atoms with van der Waals surface area (Å²) in [7, 11) is -4.69. The summed E-state index contributed by atoms with van der Waals surface area (Å²) in [5, 5.41) is 16.6. The lowest BCUT2D eigenvalue weighted by Crippen LogP contribution is -2.55. The number of benzene rings is 3. The first-order valence-corrected chi connectivity index (χ1v) is 27.9. The summed E-state index contributed by atoms with van der Waals surface area (Å²) < 4.78 is 55.1. The molecule has 0 radical (unpaired) electrons. The molecule has 1 amide bonds. The van der Waals surface area contributed by atoms with Gasteiger partial charge in [-0.05, 0) is 117 Å². The summed E-state index contributed by atoms with van der Waals surface area (Å²) in [5.74, 6) is 0.268. The van der Waals surface area contributed by atoms with Crippen LogP contribution >= 0.6 is 0 Å². The van der Waals surface area contributed by atoms with Crippen LogP contribution in [0.15, 0.2) is 77.8 Å². The maximum absolute atomic E-state index is 14.8. The van der Waals surface area contributed by atoms with Gasteiger partial charge in [-0.25, -0.2) is 13.1 Å². The lowest BCUT2D eigenvalue weighted by molar-refractivity contribution is -0.384. The van der Waals surface area contributed by atoms with Crippen molar-refractivity contribution in [1.82, 2.24) is 24.5 Å². The summed E-state index contributed by atoms with van der Waals surface area (Å²) in [6, 6.07) is 21.8. The number of fused-ring (bicyclic) bond motifs is 4. The van der Waals surface area contributed by atoms with Crippen molar-refractivity contribution in [3.8, 4) is 11.6 Å². The Bertz CT molecular complexity index is 3050. The van der Waals surface area contributed by atoms with Crippen LogP contribution in [0, 0.1) is 21.4 Å². The average Bonchev–Trinajstić information content (AvgIpc) is 4.00. The number of anilines is 4. The van der Waals surface area contributed by atoms with Crippen molar-refractivity contribution in [3.63, 3.8) is 0 Å². The second-order valence-corrected chi connectivity index (χ2v) is 23.4. The summed E-state index contributed by atoms with van der Waals surface area (Å²) in [4.78, 5) is 43.9. The largest absolute Gasteiger partial charge is 0.489 e. The molecule has 2 aliphatic carbocycles. The van der Waals surface area contributed by atoms with Gasteiger partial charge in [-0.3, -0.25) is 24.7 Å². The third kappa shape index (κ3) is 8.93. The maximum atomic E-state index is 14.8. The van der Waals surface area contributed by atoms with Gasteiger partial charge in [0.05, 0.1) is 46.9 Å². The fourth-order valence-electron chi connectivity index (χ4n) is 13.1. The van der Waals surface area contributed by atoms with Crippen LogP contribution in [0.25, 0.3) is 11.0 Å². The lowest BCUT2D eigenvalue weighted by atomic mass is 9.59. The number of morpholine rings is 1. The van der Waals surface area contributed by atoms with Crippen molar-refractivity contribution >= 4 is 55.4 Å².